The zero-order valence-electron chi connectivity index (χ0n) is 9.90. The summed E-state index contributed by atoms with van der Waals surface area (Å²) in [5.74, 6) is 1.44. The summed E-state index contributed by atoms with van der Waals surface area (Å²) < 4.78 is 23.0. The van der Waals surface area contributed by atoms with Crippen LogP contribution in [0.1, 0.15) is 23.5 Å². The van der Waals surface area contributed by atoms with E-state index in [2.05, 4.69) is 24.3 Å². The lowest BCUT2D eigenvalue weighted by Gasteiger charge is -2.20. The largest absolute Gasteiger partial charge is 0.229 e. The van der Waals surface area contributed by atoms with Crippen LogP contribution in [0.3, 0.4) is 0 Å². The molecular weight excluding hydrogens is 256 g/mol. The van der Waals surface area contributed by atoms with Gasteiger partial charge in [0.15, 0.2) is 9.84 Å². The molecular formula is C13H17ClO2S. The molecule has 1 fully saturated rings. The predicted molar refractivity (Wildman–Crippen MR) is 71.4 cm³/mol. The van der Waals surface area contributed by atoms with E-state index in [0.717, 1.165) is 12.0 Å². The average molecular weight is 273 g/mol. The predicted octanol–water partition coefficient (Wildman–Crippen LogP) is 2.75. The molecule has 0 saturated carbocycles. The van der Waals surface area contributed by atoms with Crippen LogP contribution in [0.5, 0.6) is 0 Å². The van der Waals surface area contributed by atoms with Gasteiger partial charge in [0.25, 0.3) is 0 Å². The molecule has 0 aliphatic carbocycles. The van der Waals surface area contributed by atoms with Crippen LogP contribution in [0.4, 0.5) is 0 Å². The number of hydrogen-bond acceptors (Lipinski definition) is 2. The van der Waals surface area contributed by atoms with Gasteiger partial charge in [0, 0.05) is 11.8 Å². The van der Waals surface area contributed by atoms with Crippen LogP contribution in [0.25, 0.3) is 0 Å². The highest BCUT2D eigenvalue weighted by atomic mass is 35.5. The molecule has 2 atom stereocenters. The second kappa shape index (κ2) is 4.99. The first-order valence-electron chi connectivity index (χ1n) is 5.85. The third-order valence-corrected chi connectivity index (χ3v) is 5.63. The number of benzene rings is 1. The van der Waals surface area contributed by atoms with E-state index < -0.39 is 9.84 Å². The Hall–Kier alpha value is -0.540. The van der Waals surface area contributed by atoms with Crippen molar-refractivity contribution in [1.29, 1.82) is 0 Å². The maximum Gasteiger partial charge on any atom is 0.150 e. The fraction of sp³-hybridized carbons (Fsp3) is 0.538. The first kappa shape index (κ1) is 12.9. The molecule has 1 aliphatic rings. The summed E-state index contributed by atoms with van der Waals surface area (Å²) in [6.07, 6.45) is 0.744. The topological polar surface area (TPSA) is 34.1 Å². The van der Waals surface area contributed by atoms with E-state index in [4.69, 9.17) is 11.6 Å². The van der Waals surface area contributed by atoms with Crippen LogP contribution in [0.15, 0.2) is 24.3 Å². The second-order valence-corrected chi connectivity index (χ2v) is 7.37. The minimum atomic E-state index is -2.83. The minimum absolute atomic E-state index is 0.162. The summed E-state index contributed by atoms with van der Waals surface area (Å²) in [7, 11) is -2.83. The zero-order chi connectivity index (χ0) is 12.5. The third-order valence-electron chi connectivity index (χ3n) is 3.51. The molecule has 0 N–H and O–H groups in total. The summed E-state index contributed by atoms with van der Waals surface area (Å²) in [6, 6.07) is 8.23. The highest BCUT2D eigenvalue weighted by Crippen LogP contribution is 2.34. The van der Waals surface area contributed by atoms with Gasteiger partial charge in [-0.25, -0.2) is 8.42 Å². The summed E-state index contributed by atoms with van der Waals surface area (Å²) in [5.41, 5.74) is 2.37. The van der Waals surface area contributed by atoms with E-state index in [9.17, 15) is 8.42 Å². The van der Waals surface area contributed by atoms with Crippen molar-refractivity contribution in [3.8, 4) is 0 Å². The van der Waals surface area contributed by atoms with E-state index in [1.54, 1.807) is 0 Å². The molecule has 94 valence electrons. The molecule has 0 aromatic heterocycles. The van der Waals surface area contributed by atoms with Gasteiger partial charge in [0.05, 0.1) is 11.5 Å². The quantitative estimate of drug-likeness (QED) is 0.793. The van der Waals surface area contributed by atoms with Crippen LogP contribution in [-0.4, -0.2) is 25.8 Å². The van der Waals surface area contributed by atoms with Gasteiger partial charge in [0.1, 0.15) is 0 Å². The lowest BCUT2D eigenvalue weighted by atomic mass is 9.87. The van der Waals surface area contributed by atoms with E-state index in [0.29, 0.717) is 11.6 Å². The van der Waals surface area contributed by atoms with Crippen molar-refractivity contribution >= 4 is 21.4 Å². The maximum absolute atomic E-state index is 11.5. The summed E-state index contributed by atoms with van der Waals surface area (Å²) in [6.45, 7) is 2.04. The van der Waals surface area contributed by atoms with E-state index in [1.807, 2.05) is 6.92 Å². The molecule has 1 aromatic rings. The number of rotatable bonds is 3. The smallest absolute Gasteiger partial charge is 0.150 e. The Morgan fingerprint density at radius 3 is 2.47 bits per heavy atom. The van der Waals surface area contributed by atoms with Crippen LogP contribution in [-0.2, 0) is 9.84 Å². The van der Waals surface area contributed by atoms with Gasteiger partial charge in [-0.2, -0.15) is 0 Å². The Morgan fingerprint density at radius 1 is 1.35 bits per heavy atom. The molecule has 17 heavy (non-hydrogen) atoms. The molecule has 0 radical (unpaired) electrons. The molecule has 0 amide bonds. The van der Waals surface area contributed by atoms with E-state index >= 15 is 0 Å². The molecule has 0 spiro atoms. The van der Waals surface area contributed by atoms with Gasteiger partial charge in [-0.1, -0.05) is 29.8 Å². The first-order chi connectivity index (χ1) is 8.02. The number of halogens is 1. The van der Waals surface area contributed by atoms with Gasteiger partial charge in [-0.05, 0) is 24.8 Å². The fourth-order valence-corrected chi connectivity index (χ4v) is 4.75. The van der Waals surface area contributed by atoms with Crippen molar-refractivity contribution in [2.75, 3.05) is 17.4 Å². The summed E-state index contributed by atoms with van der Waals surface area (Å²) >= 11 is 6.02. The average Bonchev–Trinajstić information content (AvgIpc) is 2.63. The van der Waals surface area contributed by atoms with Crippen LogP contribution < -0.4 is 0 Å². The Bertz CT molecular complexity index is 479. The number of aryl methyl sites for hydroxylation is 1. The first-order valence-corrected chi connectivity index (χ1v) is 8.20. The molecule has 1 aliphatic heterocycles. The van der Waals surface area contributed by atoms with Crippen molar-refractivity contribution in [1.82, 2.24) is 0 Å². The van der Waals surface area contributed by atoms with Crippen molar-refractivity contribution in [2.24, 2.45) is 5.92 Å². The number of sulfone groups is 1. The number of alkyl halides is 1. The molecule has 2 unspecified atom stereocenters. The Labute approximate surface area is 108 Å². The molecule has 2 nitrogen and oxygen atoms in total. The van der Waals surface area contributed by atoms with Crippen LogP contribution in [0, 0.1) is 12.8 Å². The monoisotopic (exact) mass is 272 g/mol. The van der Waals surface area contributed by atoms with E-state index in [1.165, 1.54) is 5.56 Å². The van der Waals surface area contributed by atoms with Crippen LogP contribution in [0.2, 0.25) is 0 Å². The van der Waals surface area contributed by atoms with Gasteiger partial charge in [0.2, 0.25) is 0 Å². The van der Waals surface area contributed by atoms with Gasteiger partial charge >= 0.3 is 0 Å². The lowest BCUT2D eigenvalue weighted by Crippen LogP contribution is -2.16. The maximum atomic E-state index is 11.5. The Morgan fingerprint density at radius 2 is 2.00 bits per heavy atom. The zero-order valence-corrected chi connectivity index (χ0v) is 11.5. The highest BCUT2D eigenvalue weighted by molar-refractivity contribution is 7.91. The van der Waals surface area contributed by atoms with Gasteiger partial charge in [-0.15, -0.1) is 11.6 Å². The molecule has 1 heterocycles. The van der Waals surface area contributed by atoms with Gasteiger partial charge in [-0.3, -0.25) is 0 Å². The minimum Gasteiger partial charge on any atom is -0.229 e. The second-order valence-electron chi connectivity index (χ2n) is 4.83. The van der Waals surface area contributed by atoms with E-state index in [-0.39, 0.29) is 17.6 Å². The number of hydrogen-bond donors (Lipinski definition) is 0. The molecule has 1 aromatic carbocycles. The molecule has 1 saturated heterocycles. The lowest BCUT2D eigenvalue weighted by molar-refractivity contribution is 0.501. The summed E-state index contributed by atoms with van der Waals surface area (Å²) in [5, 5.41) is 0. The normalized spacial score (nSPS) is 24.7. The SMILES string of the molecule is Cc1ccc(C(CCl)C2CCS(=O)(=O)C2)cc1. The Kier molecular flexibility index (Phi) is 3.79. The molecule has 2 rings (SSSR count). The van der Waals surface area contributed by atoms with Crippen molar-refractivity contribution < 1.29 is 8.42 Å². The van der Waals surface area contributed by atoms with Crippen molar-refractivity contribution in [2.45, 2.75) is 19.3 Å². The third kappa shape index (κ3) is 3.02. The van der Waals surface area contributed by atoms with Crippen molar-refractivity contribution in [3.05, 3.63) is 35.4 Å². The standard InChI is InChI=1S/C13H17ClO2S/c1-10-2-4-11(5-3-10)13(8-14)12-6-7-17(15,16)9-12/h2-5,12-13H,6-9H2,1H3. The van der Waals surface area contributed by atoms with Crippen LogP contribution >= 0.6 is 11.6 Å². The molecule has 4 heteroatoms. The molecule has 0 bridgehead atoms. The summed E-state index contributed by atoms with van der Waals surface area (Å²) in [4.78, 5) is 0. The van der Waals surface area contributed by atoms with Crippen molar-refractivity contribution in [3.63, 3.8) is 0 Å². The highest BCUT2D eigenvalue weighted by Gasteiger charge is 2.33. The van der Waals surface area contributed by atoms with Gasteiger partial charge < -0.3 is 0 Å². The Balaban J connectivity index is 2.20. The fourth-order valence-electron chi connectivity index (χ4n) is 2.44.